The number of aliphatic hydroxyl groups excluding tert-OH is 1. The van der Waals surface area contributed by atoms with Gasteiger partial charge in [-0.3, -0.25) is 4.79 Å². The van der Waals surface area contributed by atoms with E-state index in [4.69, 9.17) is 0 Å². The second-order valence-corrected chi connectivity index (χ2v) is 7.35. The van der Waals surface area contributed by atoms with Gasteiger partial charge >= 0.3 is 57.4 Å². The van der Waals surface area contributed by atoms with E-state index in [1.807, 2.05) is 32.9 Å². The Morgan fingerprint density at radius 3 is 2.17 bits per heavy atom. The quantitative estimate of drug-likeness (QED) is 0.0996. The maximum absolute atomic E-state index is 12.1. The first-order chi connectivity index (χ1) is 13.8. The molecule has 0 saturated carbocycles. The number of carbonyl (C=O) groups is 3. The minimum atomic E-state index is -1.32. The number of carbonyl (C=O) groups excluding carboxylic acids is 2. The maximum Gasteiger partial charge on any atom is 1.00 e. The summed E-state index contributed by atoms with van der Waals surface area (Å²) in [5.74, 6) is -2.57. The zero-order chi connectivity index (χ0) is 22.3. The summed E-state index contributed by atoms with van der Waals surface area (Å²) in [4.78, 5) is 36.1. The summed E-state index contributed by atoms with van der Waals surface area (Å²) in [5, 5.41) is 34.2. The third kappa shape index (κ3) is 10.8. The van der Waals surface area contributed by atoms with E-state index in [0.29, 0.717) is 25.7 Å². The van der Waals surface area contributed by atoms with Gasteiger partial charge in [-0.05, 0) is 26.2 Å². The Labute approximate surface area is 223 Å². The maximum atomic E-state index is 12.1. The van der Waals surface area contributed by atoms with Crippen LogP contribution >= 0.6 is 0 Å². The molecular weight excluding hydrogens is 415 g/mol. The van der Waals surface area contributed by atoms with Crippen LogP contribution in [0.15, 0.2) is 12.2 Å². The molecule has 0 heterocycles. The first-order valence-corrected chi connectivity index (χ1v) is 10.6. The molecule has 3 N–H and O–H groups in total. The minimum Gasteiger partial charge on any atom is -0.544 e. The third-order valence-corrected chi connectivity index (χ3v) is 5.30. The summed E-state index contributed by atoms with van der Waals surface area (Å²) in [6.45, 7) is 5.46. The van der Waals surface area contributed by atoms with Crippen LogP contribution in [0.25, 0.3) is 0 Å². The van der Waals surface area contributed by atoms with Crippen molar-refractivity contribution in [2.45, 2.75) is 77.8 Å². The molecular formula is C21H38KN2O6+. The van der Waals surface area contributed by atoms with Gasteiger partial charge in [-0.2, -0.15) is 0 Å². The predicted molar refractivity (Wildman–Crippen MR) is 109 cm³/mol. The normalized spacial score (nSPS) is 15.1. The minimum absolute atomic E-state index is 0. The van der Waals surface area contributed by atoms with Crippen LogP contribution in [0.2, 0.25) is 0 Å². The summed E-state index contributed by atoms with van der Waals surface area (Å²) in [6, 6.07) is -2.06. The standard InChI is InChI=1S/C21H38N2O6.K/c1-4-7-8-9-12-19(25)22-13-14-23(15-16-24,17(10-5-2)20(26)27)18(11-6-3)21(28)29;/h4,7,17-18,24H,5-6,8-16H2,1-3H3,(H2-,22,25,26,27,28,29);/q;+1/b7-4+;. The molecule has 0 saturated heterocycles. The number of carboxylic acids is 2. The molecule has 0 radical (unpaired) electrons. The van der Waals surface area contributed by atoms with E-state index in [2.05, 4.69) is 5.32 Å². The van der Waals surface area contributed by atoms with Crippen LogP contribution in [0.3, 0.4) is 0 Å². The van der Waals surface area contributed by atoms with Crippen molar-refractivity contribution in [2.24, 2.45) is 0 Å². The molecule has 0 aromatic carbocycles. The number of nitrogens with zero attached hydrogens (tertiary/aromatic N) is 1. The van der Waals surface area contributed by atoms with Gasteiger partial charge in [0.25, 0.3) is 0 Å². The van der Waals surface area contributed by atoms with Crippen LogP contribution in [0.1, 0.15) is 65.7 Å². The summed E-state index contributed by atoms with van der Waals surface area (Å²) in [7, 11) is 0. The number of carboxylic acid groups (broad SMARTS) is 2. The fourth-order valence-electron chi connectivity index (χ4n) is 3.91. The topological polar surface area (TPSA) is 127 Å². The predicted octanol–water partition coefficient (Wildman–Crippen LogP) is -2.17. The summed E-state index contributed by atoms with van der Waals surface area (Å²) >= 11 is 0. The van der Waals surface area contributed by atoms with Gasteiger partial charge in [0.15, 0.2) is 6.04 Å². The van der Waals surface area contributed by atoms with Gasteiger partial charge in [-0.15, -0.1) is 0 Å². The third-order valence-electron chi connectivity index (χ3n) is 5.30. The van der Waals surface area contributed by atoms with E-state index >= 15 is 0 Å². The first-order valence-electron chi connectivity index (χ1n) is 10.6. The monoisotopic (exact) mass is 453 g/mol. The molecule has 0 aromatic rings. The number of aliphatic carboxylic acids is 2. The molecule has 0 spiro atoms. The summed E-state index contributed by atoms with van der Waals surface area (Å²) in [6.07, 6.45) is 7.38. The van der Waals surface area contributed by atoms with Crippen molar-refractivity contribution in [1.29, 1.82) is 0 Å². The summed E-state index contributed by atoms with van der Waals surface area (Å²) in [5.41, 5.74) is 0. The molecule has 0 aliphatic carbocycles. The van der Waals surface area contributed by atoms with Gasteiger partial charge in [0, 0.05) is 19.3 Å². The van der Waals surface area contributed by atoms with E-state index in [0.717, 1.165) is 6.42 Å². The van der Waals surface area contributed by atoms with Crippen LogP contribution in [0.5, 0.6) is 0 Å². The Hall–Kier alpha value is -0.294. The number of aliphatic hydroxyl groups is 1. The van der Waals surface area contributed by atoms with Crippen LogP contribution in [-0.2, 0) is 14.4 Å². The van der Waals surface area contributed by atoms with Gasteiger partial charge in [-0.25, -0.2) is 4.79 Å². The van der Waals surface area contributed by atoms with Crippen molar-refractivity contribution in [1.82, 2.24) is 5.32 Å². The number of hydrogen-bond donors (Lipinski definition) is 3. The van der Waals surface area contributed by atoms with Crippen molar-refractivity contribution in [3.8, 4) is 0 Å². The van der Waals surface area contributed by atoms with E-state index in [9.17, 15) is 29.7 Å². The number of amides is 1. The first kappa shape index (κ1) is 31.9. The van der Waals surface area contributed by atoms with Crippen LogP contribution < -0.4 is 61.8 Å². The molecule has 8 nitrogen and oxygen atoms in total. The van der Waals surface area contributed by atoms with E-state index in [1.165, 1.54) is 0 Å². The van der Waals surface area contributed by atoms with E-state index in [-0.39, 0.29) is 101 Å². The number of allylic oxidation sites excluding steroid dienone is 2. The molecule has 3 atom stereocenters. The molecule has 0 fully saturated rings. The molecule has 9 heteroatoms. The average Bonchev–Trinajstić information content (AvgIpc) is 2.66. The van der Waals surface area contributed by atoms with Gasteiger partial charge in [-0.1, -0.05) is 32.4 Å². The summed E-state index contributed by atoms with van der Waals surface area (Å²) < 4.78 is -0.325. The number of hydrogen-bond acceptors (Lipinski definition) is 5. The molecule has 0 aromatic heterocycles. The molecule has 0 bridgehead atoms. The zero-order valence-electron chi connectivity index (χ0n) is 19.1. The van der Waals surface area contributed by atoms with Gasteiger partial charge in [0.05, 0.1) is 25.7 Å². The Morgan fingerprint density at radius 2 is 1.70 bits per heavy atom. The van der Waals surface area contributed by atoms with Crippen molar-refractivity contribution < 1.29 is 85.6 Å². The SMILES string of the molecule is C/C=C/CCCC(=O)NCC[N+](CCO)(C(CCC)C(=O)[O-])C(CCC)C(=O)O.[K+]. The van der Waals surface area contributed by atoms with Gasteiger partial charge in [0.1, 0.15) is 12.6 Å². The van der Waals surface area contributed by atoms with Crippen LogP contribution in [0.4, 0.5) is 0 Å². The average molecular weight is 454 g/mol. The Bertz CT molecular complexity index is 518. The van der Waals surface area contributed by atoms with Crippen LogP contribution in [-0.4, -0.2) is 70.9 Å². The number of rotatable bonds is 17. The van der Waals surface area contributed by atoms with E-state index < -0.39 is 24.0 Å². The van der Waals surface area contributed by atoms with Crippen LogP contribution in [0, 0.1) is 0 Å². The zero-order valence-corrected chi connectivity index (χ0v) is 22.2. The molecule has 30 heavy (non-hydrogen) atoms. The molecule has 0 aliphatic rings. The Kier molecular flexibility index (Phi) is 19.4. The fraction of sp³-hybridized carbons (Fsp3) is 0.762. The van der Waals surface area contributed by atoms with Gasteiger partial charge < -0.3 is 29.9 Å². The van der Waals surface area contributed by atoms with Crippen molar-refractivity contribution >= 4 is 17.8 Å². The largest absolute Gasteiger partial charge is 1.00 e. The second kappa shape index (κ2) is 18.3. The molecule has 0 aliphatic heterocycles. The molecule has 3 unspecified atom stereocenters. The molecule has 0 rings (SSSR count). The van der Waals surface area contributed by atoms with E-state index in [1.54, 1.807) is 0 Å². The molecule has 1 amide bonds. The molecule has 168 valence electrons. The van der Waals surface area contributed by atoms with Gasteiger partial charge in [0.2, 0.25) is 5.91 Å². The number of nitrogens with one attached hydrogen (secondary N) is 1. The van der Waals surface area contributed by atoms with Crippen molar-refractivity contribution in [3.05, 3.63) is 12.2 Å². The number of unbranched alkanes of at least 4 members (excludes halogenated alkanes) is 1. The number of quaternary nitrogens is 1. The fourth-order valence-corrected chi connectivity index (χ4v) is 3.91. The van der Waals surface area contributed by atoms with Crippen molar-refractivity contribution in [2.75, 3.05) is 26.2 Å². The van der Waals surface area contributed by atoms with Crippen molar-refractivity contribution in [3.63, 3.8) is 0 Å². The second-order valence-electron chi connectivity index (χ2n) is 7.35. The smallest absolute Gasteiger partial charge is 0.544 e. The Balaban J connectivity index is 0. The Morgan fingerprint density at radius 1 is 1.10 bits per heavy atom.